The van der Waals surface area contributed by atoms with Crippen LogP contribution in [0.1, 0.15) is 24.4 Å². The standard InChI is InChI=1S/C13H14FNOS/c1-8-11(13(2,3)16)17-12(15-8)9-5-4-6-10(14)7-9/h4-7,16H,1-3H3. The van der Waals surface area contributed by atoms with Crippen molar-refractivity contribution in [2.75, 3.05) is 0 Å². The number of hydrogen-bond acceptors (Lipinski definition) is 3. The van der Waals surface area contributed by atoms with Gasteiger partial charge in [-0.25, -0.2) is 9.37 Å². The molecule has 0 saturated carbocycles. The molecule has 0 bridgehead atoms. The molecule has 2 rings (SSSR count). The molecule has 0 aliphatic rings. The number of hydrogen-bond donors (Lipinski definition) is 1. The molecule has 0 fully saturated rings. The van der Waals surface area contributed by atoms with E-state index in [1.807, 2.05) is 13.0 Å². The highest BCUT2D eigenvalue weighted by Crippen LogP contribution is 2.34. The average molecular weight is 251 g/mol. The zero-order valence-corrected chi connectivity index (χ0v) is 10.8. The number of aliphatic hydroxyl groups is 1. The van der Waals surface area contributed by atoms with Crippen molar-refractivity contribution in [2.24, 2.45) is 0 Å². The van der Waals surface area contributed by atoms with Gasteiger partial charge < -0.3 is 5.11 Å². The van der Waals surface area contributed by atoms with Gasteiger partial charge in [-0.1, -0.05) is 12.1 Å². The minimum absolute atomic E-state index is 0.278. The van der Waals surface area contributed by atoms with Crippen molar-refractivity contribution in [1.29, 1.82) is 0 Å². The Kier molecular flexibility index (Phi) is 3.02. The molecule has 0 amide bonds. The summed E-state index contributed by atoms with van der Waals surface area (Å²) in [5.41, 5.74) is 0.628. The molecule has 4 heteroatoms. The number of nitrogens with zero attached hydrogens (tertiary/aromatic N) is 1. The molecule has 1 N–H and O–H groups in total. The highest BCUT2D eigenvalue weighted by Gasteiger charge is 2.23. The lowest BCUT2D eigenvalue weighted by Gasteiger charge is -2.14. The predicted molar refractivity (Wildman–Crippen MR) is 67.5 cm³/mol. The molecule has 0 unspecified atom stereocenters. The van der Waals surface area contributed by atoms with Crippen LogP contribution < -0.4 is 0 Å². The van der Waals surface area contributed by atoms with Crippen molar-refractivity contribution in [1.82, 2.24) is 4.98 Å². The number of aromatic nitrogens is 1. The zero-order valence-electron chi connectivity index (χ0n) is 9.99. The van der Waals surface area contributed by atoms with Crippen LogP contribution in [-0.4, -0.2) is 10.1 Å². The van der Waals surface area contributed by atoms with Crippen LogP contribution in [0.4, 0.5) is 4.39 Å². The Bertz CT molecular complexity index is 543. The monoisotopic (exact) mass is 251 g/mol. The van der Waals surface area contributed by atoms with E-state index in [-0.39, 0.29) is 5.82 Å². The van der Waals surface area contributed by atoms with Gasteiger partial charge in [0.05, 0.1) is 16.2 Å². The summed E-state index contributed by atoms with van der Waals surface area (Å²) < 4.78 is 13.1. The maximum atomic E-state index is 13.1. The fourth-order valence-corrected chi connectivity index (χ4v) is 2.77. The number of benzene rings is 1. The molecule has 2 aromatic rings. The second-order valence-electron chi connectivity index (χ2n) is 4.50. The summed E-state index contributed by atoms with van der Waals surface area (Å²) in [4.78, 5) is 5.20. The van der Waals surface area contributed by atoms with Crippen LogP contribution in [0.3, 0.4) is 0 Å². The minimum Gasteiger partial charge on any atom is -0.385 e. The maximum absolute atomic E-state index is 13.1. The topological polar surface area (TPSA) is 33.1 Å². The van der Waals surface area contributed by atoms with Crippen molar-refractivity contribution in [3.05, 3.63) is 40.7 Å². The number of aryl methyl sites for hydroxylation is 1. The Morgan fingerprint density at radius 3 is 2.59 bits per heavy atom. The van der Waals surface area contributed by atoms with Gasteiger partial charge >= 0.3 is 0 Å². The molecule has 1 aromatic heterocycles. The second-order valence-corrected chi connectivity index (χ2v) is 5.50. The molecular weight excluding hydrogens is 237 g/mol. The van der Waals surface area contributed by atoms with Crippen LogP contribution in [0.15, 0.2) is 24.3 Å². The van der Waals surface area contributed by atoms with E-state index in [1.165, 1.54) is 23.5 Å². The molecule has 2 nitrogen and oxygen atoms in total. The van der Waals surface area contributed by atoms with E-state index in [4.69, 9.17) is 0 Å². The summed E-state index contributed by atoms with van der Waals surface area (Å²) in [5, 5.41) is 10.7. The fraction of sp³-hybridized carbons (Fsp3) is 0.308. The van der Waals surface area contributed by atoms with Crippen LogP contribution in [-0.2, 0) is 5.60 Å². The molecule has 0 atom stereocenters. The zero-order chi connectivity index (χ0) is 12.6. The Hall–Kier alpha value is -1.26. The van der Waals surface area contributed by atoms with Gasteiger partial charge in [0.1, 0.15) is 10.8 Å². The van der Waals surface area contributed by atoms with Gasteiger partial charge in [0.25, 0.3) is 0 Å². The normalized spacial score (nSPS) is 11.8. The smallest absolute Gasteiger partial charge is 0.124 e. The summed E-state index contributed by atoms with van der Waals surface area (Å²) in [6, 6.07) is 6.33. The summed E-state index contributed by atoms with van der Waals surface area (Å²) in [6.07, 6.45) is 0. The molecule has 0 aliphatic heterocycles. The number of thiazole rings is 1. The van der Waals surface area contributed by atoms with Crippen LogP contribution >= 0.6 is 11.3 Å². The van der Waals surface area contributed by atoms with Crippen LogP contribution in [0, 0.1) is 12.7 Å². The van der Waals surface area contributed by atoms with Crippen LogP contribution in [0.5, 0.6) is 0 Å². The molecule has 0 saturated heterocycles. The third-order valence-corrected chi connectivity index (χ3v) is 3.94. The third kappa shape index (κ3) is 2.53. The third-order valence-electron chi connectivity index (χ3n) is 2.42. The van der Waals surface area contributed by atoms with E-state index in [0.717, 1.165) is 21.1 Å². The van der Waals surface area contributed by atoms with Crippen molar-refractivity contribution in [2.45, 2.75) is 26.4 Å². The van der Waals surface area contributed by atoms with Gasteiger partial charge in [0, 0.05) is 5.56 Å². The largest absolute Gasteiger partial charge is 0.385 e. The Morgan fingerprint density at radius 1 is 1.35 bits per heavy atom. The van der Waals surface area contributed by atoms with Gasteiger partial charge in [-0.3, -0.25) is 0 Å². The van der Waals surface area contributed by atoms with Crippen molar-refractivity contribution in [3.63, 3.8) is 0 Å². The predicted octanol–water partition coefficient (Wildman–Crippen LogP) is 3.49. The summed E-state index contributed by atoms with van der Waals surface area (Å²) in [7, 11) is 0. The Labute approximate surface area is 104 Å². The second kappa shape index (κ2) is 4.20. The summed E-state index contributed by atoms with van der Waals surface area (Å²) >= 11 is 1.40. The SMILES string of the molecule is Cc1nc(-c2cccc(F)c2)sc1C(C)(C)O. The summed E-state index contributed by atoms with van der Waals surface area (Å²) in [6.45, 7) is 5.30. The molecule has 0 aliphatic carbocycles. The lowest BCUT2D eigenvalue weighted by molar-refractivity contribution is 0.0817. The average Bonchev–Trinajstić information content (AvgIpc) is 2.60. The van der Waals surface area contributed by atoms with E-state index in [0.29, 0.717) is 0 Å². The molecule has 90 valence electrons. The van der Waals surface area contributed by atoms with Gasteiger partial charge in [0.15, 0.2) is 0 Å². The number of halogens is 1. The molecule has 0 spiro atoms. The van der Waals surface area contributed by atoms with Crippen molar-refractivity contribution in [3.8, 4) is 10.6 Å². The van der Waals surface area contributed by atoms with Crippen LogP contribution in [0.2, 0.25) is 0 Å². The van der Waals surface area contributed by atoms with E-state index >= 15 is 0 Å². The molecule has 1 heterocycles. The molecular formula is C13H14FNOS. The maximum Gasteiger partial charge on any atom is 0.124 e. The highest BCUT2D eigenvalue weighted by atomic mass is 32.1. The quantitative estimate of drug-likeness (QED) is 0.886. The van der Waals surface area contributed by atoms with Gasteiger partial charge in [-0.2, -0.15) is 0 Å². The van der Waals surface area contributed by atoms with Gasteiger partial charge in [-0.15, -0.1) is 11.3 Å². The van der Waals surface area contributed by atoms with Crippen molar-refractivity contribution < 1.29 is 9.50 Å². The first kappa shape index (κ1) is 12.2. The molecule has 17 heavy (non-hydrogen) atoms. The van der Waals surface area contributed by atoms with Gasteiger partial charge in [-0.05, 0) is 32.9 Å². The summed E-state index contributed by atoms with van der Waals surface area (Å²) in [5.74, 6) is -0.278. The van der Waals surface area contributed by atoms with E-state index < -0.39 is 5.60 Å². The first-order valence-electron chi connectivity index (χ1n) is 5.34. The highest BCUT2D eigenvalue weighted by molar-refractivity contribution is 7.15. The minimum atomic E-state index is -0.909. The Balaban J connectivity index is 2.49. The molecule has 0 radical (unpaired) electrons. The number of rotatable bonds is 2. The first-order chi connectivity index (χ1) is 7.88. The van der Waals surface area contributed by atoms with E-state index in [1.54, 1.807) is 19.9 Å². The lowest BCUT2D eigenvalue weighted by Crippen LogP contribution is -2.14. The first-order valence-corrected chi connectivity index (χ1v) is 6.16. The van der Waals surface area contributed by atoms with E-state index in [2.05, 4.69) is 4.98 Å². The Morgan fingerprint density at radius 2 is 2.06 bits per heavy atom. The van der Waals surface area contributed by atoms with Crippen LogP contribution in [0.25, 0.3) is 10.6 Å². The molecule has 1 aromatic carbocycles. The fourth-order valence-electron chi connectivity index (χ4n) is 1.71. The lowest BCUT2D eigenvalue weighted by atomic mass is 10.1. The van der Waals surface area contributed by atoms with E-state index in [9.17, 15) is 9.50 Å². The van der Waals surface area contributed by atoms with Crippen molar-refractivity contribution >= 4 is 11.3 Å². The van der Waals surface area contributed by atoms with Gasteiger partial charge in [0.2, 0.25) is 0 Å².